The number of carbonyl (C=O) groups excluding carboxylic acids is 1. The van der Waals surface area contributed by atoms with Crippen molar-refractivity contribution in [2.24, 2.45) is 0 Å². The van der Waals surface area contributed by atoms with Gasteiger partial charge in [-0.05, 0) is 18.1 Å². The van der Waals surface area contributed by atoms with Crippen molar-refractivity contribution in [3.05, 3.63) is 59.8 Å². The standard InChI is InChI=1S/C17H20N2O2/c1-19(13-15-9-6-12-18-17(15)21-2)16(20)11-10-14-7-4-3-5-8-14/h3-9,12H,10-11,13H2,1-2H3. The fourth-order valence-corrected chi connectivity index (χ4v) is 2.16. The third kappa shape index (κ3) is 4.31. The van der Waals surface area contributed by atoms with Crippen LogP contribution < -0.4 is 4.74 Å². The van der Waals surface area contributed by atoms with Gasteiger partial charge in [0.15, 0.2) is 0 Å². The van der Waals surface area contributed by atoms with Gasteiger partial charge < -0.3 is 9.64 Å². The minimum atomic E-state index is 0.116. The zero-order chi connectivity index (χ0) is 15.1. The summed E-state index contributed by atoms with van der Waals surface area (Å²) in [6, 6.07) is 13.8. The number of hydrogen-bond acceptors (Lipinski definition) is 3. The van der Waals surface area contributed by atoms with Crippen LogP contribution >= 0.6 is 0 Å². The van der Waals surface area contributed by atoms with E-state index in [2.05, 4.69) is 4.98 Å². The van der Waals surface area contributed by atoms with Gasteiger partial charge in [-0.2, -0.15) is 0 Å². The quantitative estimate of drug-likeness (QED) is 0.819. The first-order valence-corrected chi connectivity index (χ1v) is 6.96. The number of nitrogens with zero attached hydrogens (tertiary/aromatic N) is 2. The lowest BCUT2D eigenvalue weighted by atomic mass is 10.1. The van der Waals surface area contributed by atoms with Crippen LogP contribution in [-0.4, -0.2) is 29.9 Å². The fourth-order valence-electron chi connectivity index (χ4n) is 2.16. The number of pyridine rings is 1. The predicted octanol–water partition coefficient (Wildman–Crippen LogP) is 2.68. The third-order valence-electron chi connectivity index (χ3n) is 3.35. The number of benzene rings is 1. The minimum absolute atomic E-state index is 0.116. The molecule has 2 aromatic rings. The molecule has 1 heterocycles. The lowest BCUT2D eigenvalue weighted by molar-refractivity contribution is -0.130. The molecular formula is C17H20N2O2. The Labute approximate surface area is 125 Å². The molecule has 110 valence electrons. The molecule has 0 saturated carbocycles. The van der Waals surface area contributed by atoms with Crippen LogP contribution in [-0.2, 0) is 17.8 Å². The van der Waals surface area contributed by atoms with Crippen molar-refractivity contribution in [2.45, 2.75) is 19.4 Å². The van der Waals surface area contributed by atoms with Gasteiger partial charge in [0.05, 0.1) is 13.7 Å². The third-order valence-corrected chi connectivity index (χ3v) is 3.35. The summed E-state index contributed by atoms with van der Waals surface area (Å²) < 4.78 is 5.21. The van der Waals surface area contributed by atoms with Crippen molar-refractivity contribution in [1.29, 1.82) is 0 Å². The maximum atomic E-state index is 12.2. The zero-order valence-electron chi connectivity index (χ0n) is 12.5. The number of methoxy groups -OCH3 is 1. The summed E-state index contributed by atoms with van der Waals surface area (Å²) in [6.45, 7) is 0.505. The van der Waals surface area contributed by atoms with Gasteiger partial charge in [0, 0.05) is 25.2 Å². The van der Waals surface area contributed by atoms with Crippen molar-refractivity contribution >= 4 is 5.91 Å². The highest BCUT2D eigenvalue weighted by Crippen LogP contribution is 2.16. The van der Waals surface area contributed by atoms with E-state index in [4.69, 9.17) is 4.74 Å². The lowest BCUT2D eigenvalue weighted by Crippen LogP contribution is -2.26. The van der Waals surface area contributed by atoms with Gasteiger partial charge in [-0.1, -0.05) is 36.4 Å². The first-order valence-electron chi connectivity index (χ1n) is 6.96. The number of aryl methyl sites for hydroxylation is 1. The van der Waals surface area contributed by atoms with Crippen LogP contribution in [0.25, 0.3) is 0 Å². The van der Waals surface area contributed by atoms with Crippen molar-refractivity contribution in [1.82, 2.24) is 9.88 Å². The number of amides is 1. The van der Waals surface area contributed by atoms with E-state index in [1.165, 1.54) is 5.56 Å². The van der Waals surface area contributed by atoms with E-state index in [0.29, 0.717) is 18.8 Å². The highest BCUT2D eigenvalue weighted by molar-refractivity contribution is 5.76. The normalized spacial score (nSPS) is 10.2. The van der Waals surface area contributed by atoms with Crippen molar-refractivity contribution in [3.8, 4) is 5.88 Å². The molecular weight excluding hydrogens is 264 g/mol. The SMILES string of the molecule is COc1ncccc1CN(C)C(=O)CCc1ccccc1. The van der Waals surface area contributed by atoms with E-state index < -0.39 is 0 Å². The summed E-state index contributed by atoms with van der Waals surface area (Å²) >= 11 is 0. The molecule has 1 amide bonds. The van der Waals surface area contributed by atoms with Gasteiger partial charge in [0.25, 0.3) is 0 Å². The Morgan fingerprint density at radius 3 is 2.67 bits per heavy atom. The molecule has 1 aromatic carbocycles. The van der Waals surface area contributed by atoms with Crippen LogP contribution in [0.3, 0.4) is 0 Å². The average molecular weight is 284 g/mol. The van der Waals surface area contributed by atoms with Gasteiger partial charge in [0.2, 0.25) is 11.8 Å². The van der Waals surface area contributed by atoms with Crippen LogP contribution in [0, 0.1) is 0 Å². The van der Waals surface area contributed by atoms with E-state index >= 15 is 0 Å². The monoisotopic (exact) mass is 284 g/mol. The summed E-state index contributed by atoms with van der Waals surface area (Å²) in [4.78, 5) is 18.0. The van der Waals surface area contributed by atoms with E-state index in [9.17, 15) is 4.79 Å². The Balaban J connectivity index is 1.90. The summed E-state index contributed by atoms with van der Waals surface area (Å²) in [5, 5.41) is 0. The Kier molecular flexibility index (Phi) is 5.32. The smallest absolute Gasteiger partial charge is 0.222 e. The molecule has 0 bridgehead atoms. The van der Waals surface area contributed by atoms with Crippen LogP contribution in [0.4, 0.5) is 0 Å². The molecule has 2 rings (SSSR count). The second kappa shape index (κ2) is 7.43. The largest absolute Gasteiger partial charge is 0.481 e. The van der Waals surface area contributed by atoms with Crippen LogP contribution in [0.2, 0.25) is 0 Å². The average Bonchev–Trinajstić information content (AvgIpc) is 2.54. The van der Waals surface area contributed by atoms with E-state index in [1.54, 1.807) is 25.3 Å². The maximum Gasteiger partial charge on any atom is 0.222 e. The van der Waals surface area contributed by atoms with Gasteiger partial charge in [-0.15, -0.1) is 0 Å². The van der Waals surface area contributed by atoms with Crippen LogP contribution in [0.5, 0.6) is 5.88 Å². The van der Waals surface area contributed by atoms with Crippen molar-refractivity contribution in [3.63, 3.8) is 0 Å². The number of ether oxygens (including phenoxy) is 1. The molecule has 0 saturated heterocycles. The first kappa shape index (κ1) is 15.0. The highest BCUT2D eigenvalue weighted by atomic mass is 16.5. The van der Waals surface area contributed by atoms with E-state index in [-0.39, 0.29) is 5.91 Å². The molecule has 1 aromatic heterocycles. The van der Waals surface area contributed by atoms with Crippen molar-refractivity contribution in [2.75, 3.05) is 14.2 Å². The number of rotatable bonds is 6. The highest BCUT2D eigenvalue weighted by Gasteiger charge is 2.12. The Morgan fingerprint density at radius 1 is 1.19 bits per heavy atom. The molecule has 0 N–H and O–H groups in total. The number of aromatic nitrogens is 1. The van der Waals surface area contributed by atoms with Crippen LogP contribution in [0.15, 0.2) is 48.7 Å². The molecule has 0 atom stereocenters. The van der Waals surface area contributed by atoms with E-state index in [1.807, 2.05) is 42.5 Å². The van der Waals surface area contributed by atoms with Gasteiger partial charge >= 0.3 is 0 Å². The second-order valence-electron chi connectivity index (χ2n) is 4.91. The topological polar surface area (TPSA) is 42.4 Å². The molecule has 0 spiro atoms. The van der Waals surface area contributed by atoms with Crippen molar-refractivity contribution < 1.29 is 9.53 Å². The molecule has 0 fully saturated rings. The number of hydrogen-bond donors (Lipinski definition) is 0. The zero-order valence-corrected chi connectivity index (χ0v) is 12.5. The summed E-state index contributed by atoms with van der Waals surface area (Å²) in [6.07, 6.45) is 2.94. The molecule has 0 unspecified atom stereocenters. The summed E-state index contributed by atoms with van der Waals surface area (Å²) in [5.74, 6) is 0.685. The van der Waals surface area contributed by atoms with Gasteiger partial charge in [-0.3, -0.25) is 4.79 Å². The Morgan fingerprint density at radius 2 is 1.95 bits per heavy atom. The van der Waals surface area contributed by atoms with E-state index in [0.717, 1.165) is 12.0 Å². The molecule has 0 radical (unpaired) electrons. The molecule has 21 heavy (non-hydrogen) atoms. The number of carbonyl (C=O) groups is 1. The molecule has 0 aliphatic carbocycles. The lowest BCUT2D eigenvalue weighted by Gasteiger charge is -2.18. The first-order chi connectivity index (χ1) is 10.2. The predicted molar refractivity (Wildman–Crippen MR) is 82.0 cm³/mol. The second-order valence-corrected chi connectivity index (χ2v) is 4.91. The molecule has 4 nitrogen and oxygen atoms in total. The summed E-state index contributed by atoms with van der Waals surface area (Å²) in [5.41, 5.74) is 2.09. The molecule has 0 aliphatic rings. The van der Waals surface area contributed by atoms with Gasteiger partial charge in [0.1, 0.15) is 0 Å². The van der Waals surface area contributed by atoms with Gasteiger partial charge in [-0.25, -0.2) is 4.98 Å². The Bertz CT molecular complexity index is 584. The fraction of sp³-hybridized carbons (Fsp3) is 0.294. The Hall–Kier alpha value is -2.36. The summed E-state index contributed by atoms with van der Waals surface area (Å²) in [7, 11) is 3.39. The minimum Gasteiger partial charge on any atom is -0.481 e. The van der Waals surface area contributed by atoms with Crippen LogP contribution in [0.1, 0.15) is 17.5 Å². The maximum absolute atomic E-state index is 12.2. The molecule has 4 heteroatoms. The molecule has 0 aliphatic heterocycles.